The van der Waals surface area contributed by atoms with Gasteiger partial charge in [-0.05, 0) is 49.0 Å². The van der Waals surface area contributed by atoms with Gasteiger partial charge in [-0.1, -0.05) is 35.1 Å². The number of aromatic amines is 1. The fourth-order valence-corrected chi connectivity index (χ4v) is 6.53. The number of imidazole rings is 1. The summed E-state index contributed by atoms with van der Waals surface area (Å²) < 4.78 is 3.92. The number of halogens is 1. The Morgan fingerprint density at radius 1 is 1.10 bits per heavy atom. The monoisotopic (exact) mass is 562 g/mol. The Morgan fingerprint density at radius 2 is 1.92 bits per heavy atom. The molecular formula is C28H31ClN8OS. The number of pyridine rings is 1. The van der Waals surface area contributed by atoms with Crippen molar-refractivity contribution < 1.29 is 4.79 Å². The lowest BCUT2D eigenvalue weighted by molar-refractivity contribution is 0.0491. The van der Waals surface area contributed by atoms with Gasteiger partial charge < -0.3 is 14.8 Å². The number of anilines is 1. The molecule has 0 unspecified atom stereocenters. The van der Waals surface area contributed by atoms with Crippen LogP contribution in [0.15, 0.2) is 54.3 Å². The minimum absolute atomic E-state index is 0.104. The topological polar surface area (TPSA) is 94.1 Å². The minimum Gasteiger partial charge on any atom is -0.353 e. The van der Waals surface area contributed by atoms with E-state index < -0.39 is 0 Å². The second-order valence-corrected chi connectivity index (χ2v) is 11.1. The molecule has 3 aromatic heterocycles. The van der Waals surface area contributed by atoms with Gasteiger partial charge in [0.1, 0.15) is 17.3 Å². The fourth-order valence-electron chi connectivity index (χ4n) is 5.78. The molecule has 4 aromatic rings. The second kappa shape index (κ2) is 11.4. The maximum Gasteiger partial charge on any atom is 0.253 e. The number of carbonyl (C=O) groups excluding carboxylic acids is 1. The molecule has 1 amide bonds. The van der Waals surface area contributed by atoms with Gasteiger partial charge in [-0.15, -0.1) is 5.10 Å². The third kappa shape index (κ3) is 5.41. The van der Waals surface area contributed by atoms with Crippen LogP contribution in [0.25, 0.3) is 22.6 Å². The molecule has 0 spiro atoms. The number of aromatic nitrogens is 5. The van der Waals surface area contributed by atoms with Crippen molar-refractivity contribution in [2.45, 2.75) is 38.3 Å². The number of benzene rings is 1. The first-order valence-electron chi connectivity index (χ1n) is 13.4. The summed E-state index contributed by atoms with van der Waals surface area (Å²) in [6.07, 6.45) is 8.39. The summed E-state index contributed by atoms with van der Waals surface area (Å²) in [6, 6.07) is 10.5. The van der Waals surface area contributed by atoms with E-state index in [9.17, 15) is 4.79 Å². The highest BCUT2D eigenvalue weighted by Gasteiger charge is 2.35. The van der Waals surface area contributed by atoms with Crippen molar-refractivity contribution in [1.29, 1.82) is 0 Å². The van der Waals surface area contributed by atoms with E-state index >= 15 is 0 Å². The van der Waals surface area contributed by atoms with Crippen LogP contribution >= 0.6 is 23.1 Å². The van der Waals surface area contributed by atoms with Crippen LogP contribution in [0.5, 0.6) is 0 Å². The van der Waals surface area contributed by atoms with Crippen molar-refractivity contribution in [2.24, 2.45) is 0 Å². The van der Waals surface area contributed by atoms with E-state index in [0.717, 1.165) is 86.0 Å². The largest absolute Gasteiger partial charge is 0.353 e. The van der Waals surface area contributed by atoms with Gasteiger partial charge in [0.05, 0.1) is 5.02 Å². The third-order valence-corrected chi connectivity index (χ3v) is 8.68. The molecule has 11 heteroatoms. The molecule has 0 radical (unpaired) electrons. The average Bonchev–Trinajstić information content (AvgIpc) is 3.72. The Balaban J connectivity index is 1.05. The van der Waals surface area contributed by atoms with Crippen LogP contribution in [-0.2, 0) is 0 Å². The SMILES string of the molecule is CC[C@H]1CN(c2ncc(-c3ncc[nH]3)cc2Cl)CCN1C1CCN(C(=O)c2ccc(-c3csnn3)cc2)CC1. The molecule has 202 valence electrons. The molecule has 9 nitrogen and oxygen atoms in total. The summed E-state index contributed by atoms with van der Waals surface area (Å²) in [6.45, 7) is 6.54. The number of H-pyrrole nitrogens is 1. The first-order chi connectivity index (χ1) is 19.1. The lowest BCUT2D eigenvalue weighted by atomic mass is 9.97. The van der Waals surface area contributed by atoms with E-state index in [2.05, 4.69) is 36.3 Å². The Bertz CT molecular complexity index is 1390. The fraction of sp³-hybridized carbons (Fsp3) is 0.393. The Labute approximate surface area is 237 Å². The molecule has 2 fully saturated rings. The predicted octanol–water partition coefficient (Wildman–Crippen LogP) is 4.85. The smallest absolute Gasteiger partial charge is 0.253 e. The van der Waals surface area contributed by atoms with E-state index in [1.165, 1.54) is 11.5 Å². The van der Waals surface area contributed by atoms with E-state index in [-0.39, 0.29) is 5.91 Å². The normalized spacial score (nSPS) is 19.0. The molecule has 1 N–H and O–H groups in total. The zero-order valence-electron chi connectivity index (χ0n) is 21.8. The van der Waals surface area contributed by atoms with Crippen molar-refractivity contribution in [1.82, 2.24) is 34.3 Å². The van der Waals surface area contributed by atoms with Crippen molar-refractivity contribution >= 4 is 34.9 Å². The number of piperazine rings is 1. The highest BCUT2D eigenvalue weighted by Crippen LogP contribution is 2.31. The van der Waals surface area contributed by atoms with Crippen LogP contribution in [0, 0.1) is 0 Å². The second-order valence-electron chi connectivity index (χ2n) is 10.1. The van der Waals surface area contributed by atoms with E-state index in [4.69, 9.17) is 16.6 Å². The highest BCUT2D eigenvalue weighted by molar-refractivity contribution is 7.03. The van der Waals surface area contributed by atoms with E-state index in [1.807, 2.05) is 46.8 Å². The van der Waals surface area contributed by atoms with Crippen LogP contribution in [0.3, 0.4) is 0 Å². The zero-order chi connectivity index (χ0) is 26.8. The third-order valence-electron chi connectivity index (χ3n) is 7.90. The van der Waals surface area contributed by atoms with Gasteiger partial charge in [-0.3, -0.25) is 9.69 Å². The van der Waals surface area contributed by atoms with Crippen molar-refractivity contribution in [3.05, 3.63) is 64.9 Å². The number of hydrogen-bond donors (Lipinski definition) is 1. The minimum atomic E-state index is 0.104. The maximum absolute atomic E-state index is 13.2. The molecule has 0 saturated carbocycles. The predicted molar refractivity (Wildman–Crippen MR) is 154 cm³/mol. The van der Waals surface area contributed by atoms with Gasteiger partial charge >= 0.3 is 0 Å². The van der Waals surface area contributed by atoms with E-state index in [1.54, 1.807) is 12.4 Å². The summed E-state index contributed by atoms with van der Waals surface area (Å²) >= 11 is 8.01. The molecule has 0 aliphatic carbocycles. The lowest BCUT2D eigenvalue weighted by Gasteiger charge is -2.47. The first-order valence-corrected chi connectivity index (χ1v) is 14.6. The number of carbonyl (C=O) groups is 1. The quantitative estimate of drug-likeness (QED) is 0.359. The molecule has 1 atom stereocenters. The summed E-state index contributed by atoms with van der Waals surface area (Å²) in [4.78, 5) is 32.3. The van der Waals surface area contributed by atoms with Gasteiger partial charge in [-0.2, -0.15) is 0 Å². The number of piperidine rings is 1. The van der Waals surface area contributed by atoms with Crippen LogP contribution in [0.1, 0.15) is 36.5 Å². The van der Waals surface area contributed by atoms with Gasteiger partial charge in [0.15, 0.2) is 0 Å². The number of likely N-dealkylation sites (tertiary alicyclic amines) is 1. The maximum atomic E-state index is 13.2. The standard InChI is InChI=1S/C28H31ClN8OS/c1-2-22-17-36(27-24(29)15-21(16-32-27)26-30-9-10-31-26)13-14-37(22)23-7-11-35(12-8-23)28(38)20-5-3-19(4-6-20)25-18-39-34-33-25/h3-6,9-10,15-16,18,22-23H,2,7-8,11-14,17H2,1H3,(H,30,31)/t22-/m0/s1. The average molecular weight is 563 g/mol. The van der Waals surface area contributed by atoms with Crippen LogP contribution in [0.4, 0.5) is 5.82 Å². The van der Waals surface area contributed by atoms with Crippen molar-refractivity contribution in [2.75, 3.05) is 37.6 Å². The summed E-state index contributed by atoms with van der Waals surface area (Å²) in [5.74, 6) is 1.71. The molecule has 39 heavy (non-hydrogen) atoms. The molecule has 2 aliphatic rings. The summed E-state index contributed by atoms with van der Waals surface area (Å²) in [5, 5.41) is 6.67. The van der Waals surface area contributed by atoms with Crippen molar-refractivity contribution in [3.8, 4) is 22.6 Å². The zero-order valence-corrected chi connectivity index (χ0v) is 23.4. The molecule has 0 bridgehead atoms. The number of rotatable bonds is 6. The van der Waals surface area contributed by atoms with Gasteiger partial charge in [0.25, 0.3) is 5.91 Å². The summed E-state index contributed by atoms with van der Waals surface area (Å²) in [7, 11) is 0. The van der Waals surface area contributed by atoms with Gasteiger partial charge in [0.2, 0.25) is 0 Å². The Hall–Kier alpha value is -3.34. The first kappa shape index (κ1) is 25.9. The molecule has 2 saturated heterocycles. The van der Waals surface area contributed by atoms with Crippen LogP contribution < -0.4 is 4.90 Å². The Kier molecular flexibility index (Phi) is 7.58. The van der Waals surface area contributed by atoms with Crippen LogP contribution in [0.2, 0.25) is 5.02 Å². The van der Waals surface area contributed by atoms with Crippen molar-refractivity contribution in [3.63, 3.8) is 0 Å². The van der Waals surface area contributed by atoms with Gasteiger partial charge in [-0.25, -0.2) is 9.97 Å². The number of nitrogens with one attached hydrogen (secondary N) is 1. The molecule has 2 aliphatic heterocycles. The molecular weight excluding hydrogens is 532 g/mol. The number of hydrogen-bond acceptors (Lipinski definition) is 8. The van der Waals surface area contributed by atoms with E-state index in [0.29, 0.717) is 17.1 Å². The Morgan fingerprint density at radius 3 is 2.59 bits per heavy atom. The number of nitrogens with zero attached hydrogens (tertiary/aromatic N) is 7. The highest BCUT2D eigenvalue weighted by atomic mass is 35.5. The molecule has 5 heterocycles. The van der Waals surface area contributed by atoms with Gasteiger partial charge in [0, 0.05) is 85.5 Å². The lowest BCUT2D eigenvalue weighted by Crippen LogP contribution is -2.58. The molecule has 6 rings (SSSR count). The molecule has 1 aromatic carbocycles. The number of amides is 1. The summed E-state index contributed by atoms with van der Waals surface area (Å²) in [5.41, 5.74) is 3.43. The van der Waals surface area contributed by atoms with Crippen LogP contribution in [-0.4, -0.2) is 85.1 Å².